The molecule has 0 fully saturated rings. The third kappa shape index (κ3) is 1.96. The zero-order valence-corrected chi connectivity index (χ0v) is 13.2. The van der Waals surface area contributed by atoms with Gasteiger partial charge in [-0.1, -0.05) is 30.3 Å². The van der Waals surface area contributed by atoms with Crippen LogP contribution in [0.4, 0.5) is 11.4 Å². The molecule has 0 aliphatic carbocycles. The molecular formula is C20H14N4O. The van der Waals surface area contributed by atoms with E-state index < -0.39 is 0 Å². The van der Waals surface area contributed by atoms with Gasteiger partial charge in [-0.2, -0.15) is 0 Å². The minimum absolute atomic E-state index is 0.129. The molecule has 1 aliphatic heterocycles. The summed E-state index contributed by atoms with van der Waals surface area (Å²) in [5.41, 5.74) is 11.4. The van der Waals surface area contributed by atoms with Crippen LogP contribution >= 0.6 is 0 Å². The van der Waals surface area contributed by atoms with Crippen LogP contribution in [0.2, 0.25) is 0 Å². The normalized spacial score (nSPS) is 12.6. The number of hydrogen-bond acceptors (Lipinski definition) is 3. The van der Waals surface area contributed by atoms with E-state index >= 15 is 0 Å². The summed E-state index contributed by atoms with van der Waals surface area (Å²) in [6, 6.07) is 21.0. The predicted molar refractivity (Wildman–Crippen MR) is 98.9 cm³/mol. The Morgan fingerprint density at radius 2 is 1.80 bits per heavy atom. The Kier molecular flexibility index (Phi) is 2.73. The van der Waals surface area contributed by atoms with Crippen LogP contribution in [0.3, 0.4) is 0 Å². The summed E-state index contributed by atoms with van der Waals surface area (Å²) in [4.78, 5) is 17.5. The number of hydrogen-bond donors (Lipinski definition) is 2. The molecule has 5 heteroatoms. The van der Waals surface area contributed by atoms with E-state index in [0.29, 0.717) is 11.3 Å². The monoisotopic (exact) mass is 326 g/mol. The summed E-state index contributed by atoms with van der Waals surface area (Å²) in [5.74, 6) is 0.634. The number of aromatic nitrogens is 2. The number of fused-ring (bicyclic) bond motifs is 2. The number of nitrogens with zero attached hydrogens (tertiary/aromatic N) is 2. The average Bonchev–Trinajstić information content (AvgIpc) is 2.95. The second-order valence-electron chi connectivity index (χ2n) is 6.04. The lowest BCUT2D eigenvalue weighted by Gasteiger charge is -2.12. The third-order valence-electron chi connectivity index (χ3n) is 4.46. The molecule has 120 valence electrons. The van der Waals surface area contributed by atoms with Gasteiger partial charge in [-0.15, -0.1) is 0 Å². The van der Waals surface area contributed by atoms with Gasteiger partial charge in [0, 0.05) is 11.3 Å². The summed E-state index contributed by atoms with van der Waals surface area (Å²) in [6.07, 6.45) is 0. The van der Waals surface area contributed by atoms with E-state index in [9.17, 15) is 4.79 Å². The van der Waals surface area contributed by atoms with Crippen LogP contribution in [-0.2, 0) is 0 Å². The van der Waals surface area contributed by atoms with Crippen molar-refractivity contribution < 1.29 is 4.79 Å². The summed E-state index contributed by atoms with van der Waals surface area (Å²) in [6.45, 7) is 0. The van der Waals surface area contributed by atoms with E-state index in [4.69, 9.17) is 10.7 Å². The highest BCUT2D eigenvalue weighted by atomic mass is 16.1. The van der Waals surface area contributed by atoms with Crippen molar-refractivity contribution in [2.45, 2.75) is 0 Å². The van der Waals surface area contributed by atoms with Crippen molar-refractivity contribution in [2.24, 2.45) is 0 Å². The number of para-hydroxylation sites is 3. The fraction of sp³-hybridized carbons (Fsp3) is 0. The van der Waals surface area contributed by atoms with E-state index in [-0.39, 0.29) is 5.91 Å². The molecule has 0 saturated heterocycles. The molecular weight excluding hydrogens is 312 g/mol. The molecule has 0 bridgehead atoms. The molecule has 0 spiro atoms. The number of nitrogen functional groups attached to an aromatic ring is 1. The molecule has 1 aromatic heterocycles. The lowest BCUT2D eigenvalue weighted by Crippen LogP contribution is -2.10. The quantitative estimate of drug-likeness (QED) is 0.522. The molecule has 0 atom stereocenters. The van der Waals surface area contributed by atoms with Gasteiger partial charge in [-0.25, -0.2) is 4.98 Å². The van der Waals surface area contributed by atoms with E-state index in [1.54, 1.807) is 0 Å². The number of carbonyl (C=O) groups excluding carboxylic acids is 1. The summed E-state index contributed by atoms with van der Waals surface area (Å²) in [5, 5.41) is 2.99. The van der Waals surface area contributed by atoms with Crippen LogP contribution in [0.5, 0.6) is 0 Å². The first-order valence-electron chi connectivity index (χ1n) is 8.00. The zero-order valence-electron chi connectivity index (χ0n) is 13.2. The third-order valence-corrected chi connectivity index (χ3v) is 4.46. The Morgan fingerprint density at radius 1 is 0.960 bits per heavy atom. The number of nitrogens with two attached hydrogens (primary N) is 1. The van der Waals surface area contributed by atoms with Gasteiger partial charge >= 0.3 is 0 Å². The highest BCUT2D eigenvalue weighted by molar-refractivity contribution is 6.14. The largest absolute Gasteiger partial charge is 0.399 e. The van der Waals surface area contributed by atoms with E-state index in [2.05, 4.69) is 5.32 Å². The topological polar surface area (TPSA) is 72.9 Å². The first-order chi connectivity index (χ1) is 12.2. The maximum atomic E-state index is 12.7. The highest BCUT2D eigenvalue weighted by Crippen LogP contribution is 2.36. The average molecular weight is 326 g/mol. The first-order valence-corrected chi connectivity index (χ1v) is 8.00. The highest BCUT2D eigenvalue weighted by Gasteiger charge is 2.25. The van der Waals surface area contributed by atoms with Crippen LogP contribution in [0, 0.1) is 0 Å². The van der Waals surface area contributed by atoms with Crippen LogP contribution in [0.15, 0.2) is 66.7 Å². The molecule has 1 amide bonds. The maximum absolute atomic E-state index is 12.7. The molecule has 2 heterocycles. The SMILES string of the molecule is Nc1cccc(-c2nc3cccc4c3n2-c2ccccc2NC4=O)c1. The smallest absolute Gasteiger partial charge is 0.257 e. The molecule has 0 unspecified atom stereocenters. The number of anilines is 2. The Balaban J connectivity index is 1.96. The van der Waals surface area contributed by atoms with Gasteiger partial charge in [0.05, 0.1) is 28.0 Å². The minimum Gasteiger partial charge on any atom is -0.399 e. The van der Waals surface area contributed by atoms with Crippen molar-refractivity contribution in [3.05, 3.63) is 72.3 Å². The molecule has 0 radical (unpaired) electrons. The molecule has 3 N–H and O–H groups in total. The standard InChI is InChI=1S/C20H14N4O/c21-13-6-3-5-12(11-13)19-22-16-9-4-7-14-18(16)24(19)17-10-2-1-8-15(17)23-20(14)25/h1-11H,21H2,(H,23,25). The fourth-order valence-corrected chi connectivity index (χ4v) is 3.38. The van der Waals surface area contributed by atoms with Crippen LogP contribution < -0.4 is 11.1 Å². The lowest BCUT2D eigenvalue weighted by atomic mass is 10.1. The predicted octanol–water partition coefficient (Wildman–Crippen LogP) is 3.84. The van der Waals surface area contributed by atoms with E-state index in [1.807, 2.05) is 71.3 Å². The Hall–Kier alpha value is -3.60. The van der Waals surface area contributed by atoms with Gasteiger partial charge in [0.1, 0.15) is 5.82 Å². The first kappa shape index (κ1) is 13.8. The van der Waals surface area contributed by atoms with Crippen LogP contribution in [-0.4, -0.2) is 15.5 Å². The second-order valence-corrected chi connectivity index (χ2v) is 6.04. The van der Waals surface area contributed by atoms with Gasteiger partial charge in [-0.05, 0) is 36.4 Å². The van der Waals surface area contributed by atoms with Crippen molar-refractivity contribution in [1.29, 1.82) is 0 Å². The second kappa shape index (κ2) is 4.95. The van der Waals surface area contributed by atoms with Crippen LogP contribution in [0.1, 0.15) is 10.4 Å². The summed E-state index contributed by atoms with van der Waals surface area (Å²) < 4.78 is 2.03. The number of carbonyl (C=O) groups is 1. The summed E-state index contributed by atoms with van der Waals surface area (Å²) in [7, 11) is 0. The molecule has 5 nitrogen and oxygen atoms in total. The number of rotatable bonds is 1. The number of benzene rings is 3. The molecule has 0 saturated carbocycles. The molecule has 3 aromatic carbocycles. The van der Waals surface area contributed by atoms with Crippen molar-refractivity contribution in [2.75, 3.05) is 11.1 Å². The Morgan fingerprint density at radius 3 is 2.68 bits per heavy atom. The Labute approximate surface area is 143 Å². The van der Waals surface area contributed by atoms with Gasteiger partial charge in [0.15, 0.2) is 0 Å². The summed E-state index contributed by atoms with van der Waals surface area (Å²) >= 11 is 0. The minimum atomic E-state index is -0.129. The zero-order chi connectivity index (χ0) is 17.0. The van der Waals surface area contributed by atoms with Crippen molar-refractivity contribution in [3.63, 3.8) is 0 Å². The van der Waals surface area contributed by atoms with Gasteiger partial charge in [0.25, 0.3) is 5.91 Å². The molecule has 5 rings (SSSR count). The van der Waals surface area contributed by atoms with Gasteiger partial charge < -0.3 is 11.1 Å². The van der Waals surface area contributed by atoms with Crippen molar-refractivity contribution in [1.82, 2.24) is 9.55 Å². The van der Waals surface area contributed by atoms with E-state index in [1.165, 1.54) is 0 Å². The molecule has 25 heavy (non-hydrogen) atoms. The lowest BCUT2D eigenvalue weighted by molar-refractivity contribution is 0.102. The molecule has 4 aromatic rings. The molecule has 1 aliphatic rings. The van der Waals surface area contributed by atoms with E-state index in [0.717, 1.165) is 33.8 Å². The Bertz CT molecular complexity index is 1160. The van der Waals surface area contributed by atoms with Crippen molar-refractivity contribution in [3.8, 4) is 17.1 Å². The maximum Gasteiger partial charge on any atom is 0.257 e. The van der Waals surface area contributed by atoms with Crippen LogP contribution in [0.25, 0.3) is 28.1 Å². The van der Waals surface area contributed by atoms with Gasteiger partial charge in [-0.3, -0.25) is 9.36 Å². The number of amides is 1. The number of imidazole rings is 1. The van der Waals surface area contributed by atoms with Crippen molar-refractivity contribution >= 4 is 28.3 Å². The number of nitrogens with one attached hydrogen (secondary N) is 1. The van der Waals surface area contributed by atoms with Gasteiger partial charge in [0.2, 0.25) is 0 Å². The fourth-order valence-electron chi connectivity index (χ4n) is 3.38.